The van der Waals surface area contributed by atoms with Crippen molar-refractivity contribution >= 4 is 30.1 Å². The van der Waals surface area contributed by atoms with Crippen LogP contribution in [0.4, 0.5) is 5.95 Å². The van der Waals surface area contributed by atoms with E-state index in [9.17, 15) is 0 Å². The van der Waals surface area contributed by atoms with E-state index in [1.807, 2.05) is 12.3 Å². The predicted molar refractivity (Wildman–Crippen MR) is 65.9 cm³/mol. The molecule has 0 bridgehead atoms. The number of hydrogen-bond acceptors (Lipinski definition) is 5. The molecular formula is C9H15ClN4S. The van der Waals surface area contributed by atoms with E-state index in [0.29, 0.717) is 0 Å². The molecule has 84 valence electrons. The van der Waals surface area contributed by atoms with Crippen LogP contribution in [-0.2, 0) is 0 Å². The summed E-state index contributed by atoms with van der Waals surface area (Å²) in [5.41, 5.74) is 5.83. The number of thioether (sulfide) groups is 1. The van der Waals surface area contributed by atoms with Crippen LogP contribution in [0.15, 0.2) is 17.3 Å². The molecule has 15 heavy (non-hydrogen) atoms. The topological polar surface area (TPSA) is 55.0 Å². The molecule has 1 saturated heterocycles. The number of rotatable bonds is 2. The first kappa shape index (κ1) is 12.5. The van der Waals surface area contributed by atoms with Crippen molar-refractivity contribution in [3.05, 3.63) is 12.3 Å². The molecule has 1 aromatic heterocycles. The minimum atomic E-state index is 0. The molecule has 1 fully saturated rings. The van der Waals surface area contributed by atoms with Gasteiger partial charge in [0.05, 0.1) is 0 Å². The number of halogens is 1. The van der Waals surface area contributed by atoms with Crippen molar-refractivity contribution in [2.24, 2.45) is 5.73 Å². The summed E-state index contributed by atoms with van der Waals surface area (Å²) in [5, 5.41) is 1.01. The molecule has 1 aliphatic rings. The van der Waals surface area contributed by atoms with E-state index in [1.165, 1.54) is 0 Å². The Hall–Kier alpha value is -0.520. The zero-order valence-corrected chi connectivity index (χ0v) is 10.2. The first-order valence-corrected chi connectivity index (χ1v) is 5.89. The fourth-order valence-corrected chi connectivity index (χ4v) is 1.94. The number of anilines is 1. The molecule has 2 N–H and O–H groups in total. The molecule has 1 atom stereocenters. The highest BCUT2D eigenvalue weighted by Gasteiger charge is 2.21. The zero-order chi connectivity index (χ0) is 9.97. The molecule has 2 rings (SSSR count). The second kappa shape index (κ2) is 5.53. The third kappa shape index (κ3) is 2.96. The Morgan fingerprint density at radius 1 is 1.60 bits per heavy atom. The lowest BCUT2D eigenvalue weighted by Gasteiger charge is -2.15. The molecule has 0 amide bonds. The van der Waals surface area contributed by atoms with E-state index in [1.54, 1.807) is 18.0 Å². The maximum absolute atomic E-state index is 5.83. The lowest BCUT2D eigenvalue weighted by molar-refractivity contribution is 0.749. The molecule has 0 spiro atoms. The standard InChI is InChI=1S/C9H14N4S.ClH/c1-14-8-2-4-11-9(12-8)13-5-3-7(10)6-13;/h2,4,7H,3,5-6,10H2,1H3;1H. The summed E-state index contributed by atoms with van der Waals surface area (Å²) >= 11 is 1.63. The van der Waals surface area contributed by atoms with E-state index >= 15 is 0 Å². The molecular weight excluding hydrogens is 232 g/mol. The zero-order valence-electron chi connectivity index (χ0n) is 8.59. The monoisotopic (exact) mass is 246 g/mol. The van der Waals surface area contributed by atoms with Crippen LogP contribution in [0.5, 0.6) is 0 Å². The van der Waals surface area contributed by atoms with Gasteiger partial charge in [-0.3, -0.25) is 0 Å². The van der Waals surface area contributed by atoms with Gasteiger partial charge in [0.15, 0.2) is 0 Å². The van der Waals surface area contributed by atoms with Crippen molar-refractivity contribution in [3.8, 4) is 0 Å². The maximum Gasteiger partial charge on any atom is 0.226 e. The van der Waals surface area contributed by atoms with Crippen molar-refractivity contribution in [1.29, 1.82) is 0 Å². The Kier molecular flexibility index (Phi) is 4.63. The Morgan fingerprint density at radius 3 is 3.00 bits per heavy atom. The van der Waals surface area contributed by atoms with Crippen LogP contribution in [0.2, 0.25) is 0 Å². The van der Waals surface area contributed by atoms with Crippen molar-refractivity contribution in [3.63, 3.8) is 0 Å². The largest absolute Gasteiger partial charge is 0.339 e. The van der Waals surface area contributed by atoms with Gasteiger partial charge < -0.3 is 10.6 Å². The average molecular weight is 247 g/mol. The van der Waals surface area contributed by atoms with Gasteiger partial charge in [-0.1, -0.05) is 0 Å². The molecule has 0 radical (unpaired) electrons. The van der Waals surface area contributed by atoms with Gasteiger partial charge in [-0.2, -0.15) is 0 Å². The number of nitrogens with zero attached hydrogens (tertiary/aromatic N) is 3. The summed E-state index contributed by atoms with van der Waals surface area (Å²) < 4.78 is 0. The third-order valence-corrected chi connectivity index (χ3v) is 2.98. The Morgan fingerprint density at radius 2 is 2.40 bits per heavy atom. The van der Waals surface area contributed by atoms with Gasteiger partial charge in [0.25, 0.3) is 0 Å². The fraction of sp³-hybridized carbons (Fsp3) is 0.556. The molecule has 0 aromatic carbocycles. The van der Waals surface area contributed by atoms with Crippen molar-refractivity contribution < 1.29 is 0 Å². The molecule has 4 nitrogen and oxygen atoms in total. The van der Waals surface area contributed by atoms with Crippen molar-refractivity contribution in [2.45, 2.75) is 17.5 Å². The SMILES string of the molecule is CSc1ccnc(N2CCC(N)C2)n1.Cl. The van der Waals surface area contributed by atoms with Crippen LogP contribution in [0.3, 0.4) is 0 Å². The van der Waals surface area contributed by atoms with Crippen LogP contribution in [0, 0.1) is 0 Å². The molecule has 0 saturated carbocycles. The second-order valence-electron chi connectivity index (χ2n) is 3.39. The summed E-state index contributed by atoms with van der Waals surface area (Å²) in [5.74, 6) is 0.810. The third-order valence-electron chi connectivity index (χ3n) is 2.33. The quantitative estimate of drug-likeness (QED) is 0.627. The van der Waals surface area contributed by atoms with Gasteiger partial charge in [0, 0.05) is 25.3 Å². The summed E-state index contributed by atoms with van der Waals surface area (Å²) in [6.07, 6.45) is 4.85. The fourth-order valence-electron chi connectivity index (χ4n) is 1.57. The van der Waals surface area contributed by atoms with Crippen LogP contribution in [-0.4, -0.2) is 35.4 Å². The van der Waals surface area contributed by atoms with Gasteiger partial charge in [-0.25, -0.2) is 9.97 Å². The molecule has 6 heteroatoms. The predicted octanol–water partition coefficient (Wildman–Crippen LogP) is 1.16. The highest BCUT2D eigenvalue weighted by atomic mass is 35.5. The summed E-state index contributed by atoms with van der Waals surface area (Å²) in [7, 11) is 0. The van der Waals surface area contributed by atoms with Gasteiger partial charge in [0.2, 0.25) is 5.95 Å². The molecule has 1 aromatic rings. The number of hydrogen-bond donors (Lipinski definition) is 1. The summed E-state index contributed by atoms with van der Waals surface area (Å²) in [6.45, 7) is 1.84. The number of aromatic nitrogens is 2. The van der Waals surface area contributed by atoms with Gasteiger partial charge in [-0.05, 0) is 18.7 Å². The molecule has 1 aliphatic heterocycles. The van der Waals surface area contributed by atoms with Crippen LogP contribution < -0.4 is 10.6 Å². The summed E-state index contributed by atoms with van der Waals surface area (Å²) in [6, 6.07) is 2.20. The lowest BCUT2D eigenvalue weighted by atomic mass is 10.3. The number of nitrogens with two attached hydrogens (primary N) is 1. The lowest BCUT2D eigenvalue weighted by Crippen LogP contribution is -2.27. The second-order valence-corrected chi connectivity index (χ2v) is 4.22. The van der Waals surface area contributed by atoms with Gasteiger partial charge in [0.1, 0.15) is 5.03 Å². The average Bonchev–Trinajstić information content (AvgIpc) is 2.65. The smallest absolute Gasteiger partial charge is 0.226 e. The molecule has 0 aliphatic carbocycles. The van der Waals surface area contributed by atoms with Crippen molar-refractivity contribution in [1.82, 2.24) is 9.97 Å². The van der Waals surface area contributed by atoms with E-state index in [-0.39, 0.29) is 18.4 Å². The van der Waals surface area contributed by atoms with E-state index in [0.717, 1.165) is 30.5 Å². The maximum atomic E-state index is 5.83. The minimum absolute atomic E-state index is 0. The van der Waals surface area contributed by atoms with Gasteiger partial charge in [-0.15, -0.1) is 24.2 Å². The Balaban J connectivity index is 0.00000112. The first-order valence-electron chi connectivity index (χ1n) is 4.67. The molecule has 2 heterocycles. The molecule has 1 unspecified atom stereocenters. The summed E-state index contributed by atoms with van der Waals surface area (Å²) in [4.78, 5) is 10.8. The highest BCUT2D eigenvalue weighted by Crippen LogP contribution is 2.18. The normalized spacial score (nSPS) is 20.1. The van der Waals surface area contributed by atoms with Crippen molar-refractivity contribution in [2.75, 3.05) is 24.2 Å². The first-order chi connectivity index (χ1) is 6.79. The van der Waals surface area contributed by atoms with E-state index in [2.05, 4.69) is 14.9 Å². The van der Waals surface area contributed by atoms with E-state index < -0.39 is 0 Å². The van der Waals surface area contributed by atoms with Crippen LogP contribution >= 0.6 is 24.2 Å². The van der Waals surface area contributed by atoms with Gasteiger partial charge >= 0.3 is 0 Å². The Bertz CT molecular complexity index is 323. The Labute approximate surface area is 100 Å². The van der Waals surface area contributed by atoms with Crippen LogP contribution in [0.1, 0.15) is 6.42 Å². The highest BCUT2D eigenvalue weighted by molar-refractivity contribution is 7.98. The van der Waals surface area contributed by atoms with E-state index in [4.69, 9.17) is 5.73 Å². The van der Waals surface area contributed by atoms with Crippen LogP contribution in [0.25, 0.3) is 0 Å². The minimum Gasteiger partial charge on any atom is -0.339 e.